The van der Waals surface area contributed by atoms with Crippen LogP contribution in [0.2, 0.25) is 0 Å². The van der Waals surface area contributed by atoms with Crippen molar-refractivity contribution in [3.8, 4) is 5.75 Å². The summed E-state index contributed by atoms with van der Waals surface area (Å²) in [6, 6.07) is 4.24. The molecule has 1 aromatic carbocycles. The maximum absolute atomic E-state index is 12.8. The van der Waals surface area contributed by atoms with E-state index in [1.165, 1.54) is 18.2 Å². The molecule has 1 amide bonds. The second-order valence-electron chi connectivity index (χ2n) is 3.86. The van der Waals surface area contributed by atoms with Gasteiger partial charge in [-0.25, -0.2) is 4.39 Å². The monoisotopic (exact) mass is 318 g/mol. The van der Waals surface area contributed by atoms with Crippen LogP contribution in [-0.4, -0.2) is 32.1 Å². The molecule has 1 unspecified atom stereocenters. The molecule has 6 heteroatoms. The summed E-state index contributed by atoms with van der Waals surface area (Å²) in [6.07, 6.45) is 0. The van der Waals surface area contributed by atoms with E-state index in [4.69, 9.17) is 4.74 Å². The molecule has 2 N–H and O–H groups in total. The average molecular weight is 319 g/mol. The minimum absolute atomic E-state index is 0.0966. The predicted octanol–water partition coefficient (Wildman–Crippen LogP) is 1.69. The SMILES string of the molecule is CNC(C)CNC(=O)COc1ccc(F)cc1Br. The molecule has 4 nitrogen and oxygen atoms in total. The molecule has 0 saturated heterocycles. The molecule has 1 aromatic rings. The lowest BCUT2D eigenvalue weighted by atomic mass is 10.3. The van der Waals surface area contributed by atoms with Crippen molar-refractivity contribution >= 4 is 21.8 Å². The molecule has 0 saturated carbocycles. The van der Waals surface area contributed by atoms with E-state index in [0.717, 1.165) is 0 Å². The van der Waals surface area contributed by atoms with E-state index in [0.29, 0.717) is 16.8 Å². The van der Waals surface area contributed by atoms with Crippen molar-refractivity contribution in [1.82, 2.24) is 10.6 Å². The Morgan fingerprint density at radius 3 is 2.89 bits per heavy atom. The van der Waals surface area contributed by atoms with E-state index in [1.807, 2.05) is 14.0 Å². The summed E-state index contributed by atoms with van der Waals surface area (Å²) in [5.74, 6) is -0.136. The molecule has 0 aromatic heterocycles. The van der Waals surface area contributed by atoms with Gasteiger partial charge in [-0.1, -0.05) is 0 Å². The van der Waals surface area contributed by atoms with Crippen LogP contribution in [0.25, 0.3) is 0 Å². The van der Waals surface area contributed by atoms with E-state index >= 15 is 0 Å². The Morgan fingerprint density at radius 1 is 1.56 bits per heavy atom. The lowest BCUT2D eigenvalue weighted by Crippen LogP contribution is -2.39. The van der Waals surface area contributed by atoms with Gasteiger partial charge < -0.3 is 15.4 Å². The Kier molecular flexibility index (Phi) is 6.07. The van der Waals surface area contributed by atoms with E-state index in [-0.39, 0.29) is 24.4 Å². The van der Waals surface area contributed by atoms with Gasteiger partial charge in [0.25, 0.3) is 5.91 Å². The fourth-order valence-corrected chi connectivity index (χ4v) is 1.62. The third-order valence-corrected chi connectivity index (χ3v) is 2.97. The summed E-state index contributed by atoms with van der Waals surface area (Å²) in [6.45, 7) is 2.39. The molecule has 100 valence electrons. The molecular weight excluding hydrogens is 303 g/mol. The number of ether oxygens (including phenoxy) is 1. The highest BCUT2D eigenvalue weighted by atomic mass is 79.9. The summed E-state index contributed by atoms with van der Waals surface area (Å²) < 4.78 is 18.6. The first kappa shape index (κ1) is 14.9. The highest BCUT2D eigenvalue weighted by molar-refractivity contribution is 9.10. The number of rotatable bonds is 6. The maximum Gasteiger partial charge on any atom is 0.257 e. The Labute approximate surface area is 114 Å². The average Bonchev–Trinajstić information content (AvgIpc) is 2.34. The van der Waals surface area contributed by atoms with Crippen LogP contribution < -0.4 is 15.4 Å². The zero-order valence-corrected chi connectivity index (χ0v) is 11.9. The zero-order valence-electron chi connectivity index (χ0n) is 10.3. The molecule has 0 spiro atoms. The number of hydrogen-bond donors (Lipinski definition) is 2. The van der Waals surface area contributed by atoms with Gasteiger partial charge in [0.05, 0.1) is 4.47 Å². The predicted molar refractivity (Wildman–Crippen MR) is 71.1 cm³/mol. The van der Waals surface area contributed by atoms with Gasteiger partial charge in [0, 0.05) is 12.6 Å². The molecule has 0 fully saturated rings. The van der Waals surface area contributed by atoms with Crippen LogP contribution in [0.3, 0.4) is 0 Å². The lowest BCUT2D eigenvalue weighted by Gasteiger charge is -2.12. The first-order chi connectivity index (χ1) is 8.52. The largest absolute Gasteiger partial charge is 0.483 e. The number of amides is 1. The number of benzene rings is 1. The maximum atomic E-state index is 12.8. The van der Waals surface area contributed by atoms with Crippen LogP contribution in [0.4, 0.5) is 4.39 Å². The van der Waals surface area contributed by atoms with Crippen molar-refractivity contribution in [1.29, 1.82) is 0 Å². The molecular formula is C12H16BrFN2O2. The second kappa shape index (κ2) is 7.33. The first-order valence-electron chi connectivity index (χ1n) is 5.54. The van der Waals surface area contributed by atoms with Gasteiger partial charge in [0.2, 0.25) is 0 Å². The molecule has 0 bridgehead atoms. The molecule has 0 aliphatic rings. The Morgan fingerprint density at radius 2 is 2.28 bits per heavy atom. The summed E-state index contributed by atoms with van der Waals surface area (Å²) in [4.78, 5) is 11.5. The first-order valence-corrected chi connectivity index (χ1v) is 6.34. The van der Waals surface area contributed by atoms with Gasteiger partial charge in [-0.2, -0.15) is 0 Å². The van der Waals surface area contributed by atoms with Gasteiger partial charge in [-0.3, -0.25) is 4.79 Å². The van der Waals surface area contributed by atoms with Gasteiger partial charge in [0.1, 0.15) is 11.6 Å². The Bertz CT molecular complexity index is 415. The van der Waals surface area contributed by atoms with Crippen molar-refractivity contribution < 1.29 is 13.9 Å². The standard InChI is InChI=1S/C12H16BrFN2O2/c1-8(15-2)6-16-12(17)7-18-11-4-3-9(14)5-10(11)13/h3-5,8,15H,6-7H2,1-2H3,(H,16,17). The Hall–Kier alpha value is -1.14. The number of carbonyl (C=O) groups is 1. The van der Waals surface area contributed by atoms with Gasteiger partial charge in [-0.15, -0.1) is 0 Å². The highest BCUT2D eigenvalue weighted by Crippen LogP contribution is 2.25. The van der Waals surface area contributed by atoms with E-state index in [9.17, 15) is 9.18 Å². The minimum Gasteiger partial charge on any atom is -0.483 e. The van der Waals surface area contributed by atoms with Crippen LogP contribution >= 0.6 is 15.9 Å². The fraction of sp³-hybridized carbons (Fsp3) is 0.417. The summed E-state index contributed by atoms with van der Waals surface area (Å²) in [5, 5.41) is 5.72. The third kappa shape index (κ3) is 5.01. The molecule has 18 heavy (non-hydrogen) atoms. The zero-order chi connectivity index (χ0) is 13.5. The number of halogens is 2. The molecule has 0 heterocycles. The topological polar surface area (TPSA) is 50.4 Å². The lowest BCUT2D eigenvalue weighted by molar-refractivity contribution is -0.123. The number of likely N-dealkylation sites (N-methyl/N-ethyl adjacent to an activating group) is 1. The van der Waals surface area contributed by atoms with Gasteiger partial charge >= 0.3 is 0 Å². The van der Waals surface area contributed by atoms with E-state index in [2.05, 4.69) is 26.6 Å². The van der Waals surface area contributed by atoms with Crippen molar-refractivity contribution in [2.24, 2.45) is 0 Å². The van der Waals surface area contributed by atoms with Gasteiger partial charge in [-0.05, 0) is 48.1 Å². The summed E-state index contributed by atoms with van der Waals surface area (Å²) >= 11 is 3.16. The second-order valence-corrected chi connectivity index (χ2v) is 4.71. The smallest absolute Gasteiger partial charge is 0.257 e. The van der Waals surface area contributed by atoms with E-state index < -0.39 is 0 Å². The molecule has 0 radical (unpaired) electrons. The summed E-state index contributed by atoms with van der Waals surface area (Å²) in [5.41, 5.74) is 0. The Balaban J connectivity index is 2.38. The number of carbonyl (C=O) groups excluding carboxylic acids is 1. The van der Waals surface area contributed by atoms with Crippen molar-refractivity contribution in [2.45, 2.75) is 13.0 Å². The van der Waals surface area contributed by atoms with E-state index in [1.54, 1.807) is 0 Å². The quantitative estimate of drug-likeness (QED) is 0.839. The number of nitrogens with one attached hydrogen (secondary N) is 2. The molecule has 0 aliphatic heterocycles. The van der Waals surface area contributed by atoms with Crippen molar-refractivity contribution in [3.63, 3.8) is 0 Å². The van der Waals surface area contributed by atoms with Crippen molar-refractivity contribution in [2.75, 3.05) is 20.2 Å². The van der Waals surface area contributed by atoms with Gasteiger partial charge in [0.15, 0.2) is 6.61 Å². The van der Waals surface area contributed by atoms with Crippen LogP contribution in [0, 0.1) is 5.82 Å². The highest BCUT2D eigenvalue weighted by Gasteiger charge is 2.07. The molecule has 0 aliphatic carbocycles. The normalized spacial score (nSPS) is 12.0. The number of hydrogen-bond acceptors (Lipinski definition) is 3. The van der Waals surface area contributed by atoms with Crippen LogP contribution in [-0.2, 0) is 4.79 Å². The summed E-state index contributed by atoms with van der Waals surface area (Å²) in [7, 11) is 1.82. The third-order valence-electron chi connectivity index (χ3n) is 2.35. The van der Waals surface area contributed by atoms with Crippen LogP contribution in [0.15, 0.2) is 22.7 Å². The van der Waals surface area contributed by atoms with Crippen LogP contribution in [0.1, 0.15) is 6.92 Å². The van der Waals surface area contributed by atoms with Crippen LogP contribution in [0.5, 0.6) is 5.75 Å². The molecule has 1 rings (SSSR count). The fourth-order valence-electron chi connectivity index (χ4n) is 1.16. The molecule has 1 atom stereocenters. The van der Waals surface area contributed by atoms with Crippen molar-refractivity contribution in [3.05, 3.63) is 28.5 Å². The minimum atomic E-state index is -0.360.